The van der Waals surface area contributed by atoms with Crippen LogP contribution in [0, 0.1) is 0 Å². The van der Waals surface area contributed by atoms with E-state index in [0.29, 0.717) is 5.76 Å². The van der Waals surface area contributed by atoms with Crippen LogP contribution >= 0.6 is 0 Å². The number of carbonyl (C=O) groups excluding carboxylic acids is 1. The van der Waals surface area contributed by atoms with Crippen LogP contribution < -0.4 is 0 Å². The van der Waals surface area contributed by atoms with Crippen LogP contribution in [0.5, 0.6) is 0 Å². The number of Topliss-reactive ketones (excluding diaryl/α,β-unsaturated/α-hetero) is 1. The van der Waals surface area contributed by atoms with Crippen LogP contribution in [0.3, 0.4) is 0 Å². The van der Waals surface area contributed by atoms with Crippen LogP contribution in [0.4, 0.5) is 0 Å². The van der Waals surface area contributed by atoms with E-state index in [1.807, 2.05) is 0 Å². The number of hydrogen-bond acceptors (Lipinski definition) is 5. The first-order valence-corrected chi connectivity index (χ1v) is 3.85. The average molecular weight is 188 g/mol. The molecule has 2 unspecified atom stereocenters. The van der Waals surface area contributed by atoms with Gasteiger partial charge in [0.1, 0.15) is 11.9 Å². The first-order valence-electron chi connectivity index (χ1n) is 3.85. The SMILES string of the molecule is CO/C(C)=C1/C(=O)C(CO)OC1O. The van der Waals surface area contributed by atoms with Gasteiger partial charge in [0.2, 0.25) is 0 Å². The molecule has 1 fully saturated rings. The zero-order chi connectivity index (χ0) is 10.0. The highest BCUT2D eigenvalue weighted by molar-refractivity contribution is 6.01. The molecule has 0 aromatic heterocycles. The van der Waals surface area contributed by atoms with Crippen molar-refractivity contribution in [1.82, 2.24) is 0 Å². The van der Waals surface area contributed by atoms with Crippen molar-refractivity contribution in [2.24, 2.45) is 0 Å². The Balaban J connectivity index is 2.94. The van der Waals surface area contributed by atoms with Crippen LogP contribution in [-0.2, 0) is 14.3 Å². The monoisotopic (exact) mass is 188 g/mol. The molecule has 74 valence electrons. The maximum Gasteiger partial charge on any atom is 0.198 e. The van der Waals surface area contributed by atoms with Crippen molar-refractivity contribution in [3.05, 3.63) is 11.3 Å². The lowest BCUT2D eigenvalue weighted by molar-refractivity contribution is -0.129. The molecule has 0 aliphatic carbocycles. The van der Waals surface area contributed by atoms with E-state index in [2.05, 4.69) is 0 Å². The third-order valence-corrected chi connectivity index (χ3v) is 1.95. The Kier molecular flexibility index (Phi) is 3.02. The summed E-state index contributed by atoms with van der Waals surface area (Å²) in [5.41, 5.74) is 0.0848. The van der Waals surface area contributed by atoms with Crippen molar-refractivity contribution in [1.29, 1.82) is 0 Å². The Labute approximate surface area is 75.6 Å². The van der Waals surface area contributed by atoms with Crippen LogP contribution in [0.1, 0.15) is 6.92 Å². The first kappa shape index (κ1) is 10.2. The molecule has 5 heteroatoms. The smallest absolute Gasteiger partial charge is 0.198 e. The minimum Gasteiger partial charge on any atom is -0.501 e. The average Bonchev–Trinajstić information content (AvgIpc) is 2.40. The van der Waals surface area contributed by atoms with Gasteiger partial charge in [0.25, 0.3) is 0 Å². The van der Waals surface area contributed by atoms with E-state index < -0.39 is 24.8 Å². The molecule has 0 bridgehead atoms. The Morgan fingerprint density at radius 3 is 2.69 bits per heavy atom. The summed E-state index contributed by atoms with van der Waals surface area (Å²) in [6.45, 7) is 1.12. The van der Waals surface area contributed by atoms with Crippen molar-refractivity contribution in [2.75, 3.05) is 13.7 Å². The van der Waals surface area contributed by atoms with Gasteiger partial charge in [-0.25, -0.2) is 0 Å². The molecule has 1 rings (SSSR count). The van der Waals surface area contributed by atoms with Gasteiger partial charge in [-0.2, -0.15) is 0 Å². The van der Waals surface area contributed by atoms with Gasteiger partial charge in [-0.15, -0.1) is 0 Å². The van der Waals surface area contributed by atoms with Crippen molar-refractivity contribution in [3.8, 4) is 0 Å². The van der Waals surface area contributed by atoms with Gasteiger partial charge in [-0.1, -0.05) is 0 Å². The number of aliphatic hydroxyl groups is 2. The molecule has 1 aliphatic rings. The predicted octanol–water partition coefficient (Wildman–Crippen LogP) is -0.815. The number of hydrogen-bond donors (Lipinski definition) is 2. The minimum absolute atomic E-state index is 0.0848. The van der Waals surface area contributed by atoms with Gasteiger partial charge in [0.05, 0.1) is 19.3 Å². The molecule has 0 radical (unpaired) electrons. The standard InChI is InChI=1S/C8H12O5/c1-4(12-2)6-7(10)5(3-9)13-8(6)11/h5,8-9,11H,3H2,1-2H3/b6-4-. The summed E-state index contributed by atoms with van der Waals surface area (Å²) in [7, 11) is 1.40. The second-order valence-electron chi connectivity index (χ2n) is 2.70. The van der Waals surface area contributed by atoms with Crippen molar-refractivity contribution < 1.29 is 24.5 Å². The molecule has 0 spiro atoms. The highest BCUT2D eigenvalue weighted by atomic mass is 16.6. The highest BCUT2D eigenvalue weighted by Gasteiger charge is 2.38. The minimum atomic E-state index is -1.29. The van der Waals surface area contributed by atoms with Crippen molar-refractivity contribution in [2.45, 2.75) is 19.3 Å². The number of carbonyl (C=O) groups is 1. The summed E-state index contributed by atoms with van der Waals surface area (Å²) >= 11 is 0. The van der Waals surface area contributed by atoms with Gasteiger partial charge >= 0.3 is 0 Å². The van der Waals surface area contributed by atoms with Crippen LogP contribution in [0.2, 0.25) is 0 Å². The lowest BCUT2D eigenvalue weighted by Crippen LogP contribution is -2.20. The van der Waals surface area contributed by atoms with Crippen LogP contribution in [-0.4, -0.2) is 42.1 Å². The van der Waals surface area contributed by atoms with E-state index in [0.717, 1.165) is 0 Å². The second kappa shape index (κ2) is 3.87. The molecule has 0 aromatic rings. The zero-order valence-electron chi connectivity index (χ0n) is 7.48. The third-order valence-electron chi connectivity index (χ3n) is 1.95. The number of rotatable bonds is 2. The molecular weight excluding hydrogens is 176 g/mol. The Hall–Kier alpha value is -0.910. The third kappa shape index (κ3) is 1.72. The maximum absolute atomic E-state index is 11.4. The van der Waals surface area contributed by atoms with E-state index >= 15 is 0 Å². The molecule has 1 saturated heterocycles. The molecule has 5 nitrogen and oxygen atoms in total. The molecule has 0 aromatic carbocycles. The lowest BCUT2D eigenvalue weighted by atomic mass is 10.1. The number of ketones is 1. The molecule has 0 amide bonds. The summed E-state index contributed by atoms with van der Waals surface area (Å²) in [6, 6.07) is 0. The largest absolute Gasteiger partial charge is 0.501 e. The number of allylic oxidation sites excluding steroid dienone is 1. The number of methoxy groups -OCH3 is 1. The fourth-order valence-electron chi connectivity index (χ4n) is 1.16. The predicted molar refractivity (Wildman–Crippen MR) is 42.7 cm³/mol. The summed E-state index contributed by atoms with van der Waals surface area (Å²) in [5.74, 6) is -0.109. The molecule has 1 heterocycles. The van der Waals surface area contributed by atoms with E-state index in [4.69, 9.17) is 14.6 Å². The highest BCUT2D eigenvalue weighted by Crippen LogP contribution is 2.23. The lowest BCUT2D eigenvalue weighted by Gasteiger charge is -2.05. The summed E-state index contributed by atoms with van der Waals surface area (Å²) in [6.07, 6.45) is -2.25. The van der Waals surface area contributed by atoms with Crippen molar-refractivity contribution >= 4 is 5.78 Å². The summed E-state index contributed by atoms with van der Waals surface area (Å²) in [4.78, 5) is 11.4. The van der Waals surface area contributed by atoms with E-state index in [1.165, 1.54) is 7.11 Å². The molecule has 0 saturated carbocycles. The van der Waals surface area contributed by atoms with E-state index in [1.54, 1.807) is 6.92 Å². The molecular formula is C8H12O5. The van der Waals surface area contributed by atoms with Gasteiger partial charge in [-0.3, -0.25) is 4.79 Å². The topological polar surface area (TPSA) is 76.0 Å². The molecule has 13 heavy (non-hydrogen) atoms. The first-order chi connectivity index (χ1) is 6.11. The Morgan fingerprint density at radius 1 is 1.69 bits per heavy atom. The molecule has 2 N–H and O–H groups in total. The van der Waals surface area contributed by atoms with Crippen LogP contribution in [0.15, 0.2) is 11.3 Å². The van der Waals surface area contributed by atoms with Crippen LogP contribution in [0.25, 0.3) is 0 Å². The fourth-order valence-corrected chi connectivity index (χ4v) is 1.16. The van der Waals surface area contributed by atoms with Gasteiger partial charge in [0, 0.05) is 0 Å². The Morgan fingerprint density at radius 2 is 2.31 bits per heavy atom. The fraction of sp³-hybridized carbons (Fsp3) is 0.625. The van der Waals surface area contributed by atoms with E-state index in [9.17, 15) is 9.90 Å². The number of aliphatic hydroxyl groups excluding tert-OH is 2. The van der Waals surface area contributed by atoms with Gasteiger partial charge in [-0.05, 0) is 6.92 Å². The summed E-state index contributed by atoms with van der Waals surface area (Å²) < 4.78 is 9.58. The maximum atomic E-state index is 11.4. The van der Waals surface area contributed by atoms with E-state index in [-0.39, 0.29) is 5.57 Å². The molecule has 2 atom stereocenters. The normalized spacial score (nSPS) is 32.2. The summed E-state index contributed by atoms with van der Waals surface area (Å²) in [5, 5.41) is 18.0. The Bertz CT molecular complexity index is 245. The number of ether oxygens (including phenoxy) is 2. The second-order valence-corrected chi connectivity index (χ2v) is 2.70. The quantitative estimate of drug-likeness (QED) is 0.437. The zero-order valence-corrected chi connectivity index (χ0v) is 7.48. The van der Waals surface area contributed by atoms with Gasteiger partial charge < -0.3 is 19.7 Å². The molecule has 1 aliphatic heterocycles. The van der Waals surface area contributed by atoms with Crippen molar-refractivity contribution in [3.63, 3.8) is 0 Å². The van der Waals surface area contributed by atoms with Gasteiger partial charge in [0.15, 0.2) is 12.1 Å².